The first-order valence-corrected chi connectivity index (χ1v) is 11.5. The van der Waals surface area contributed by atoms with Crippen LogP contribution in [0.15, 0.2) is 29.2 Å². The fraction of sp³-hybridized carbons (Fsp3) is 0.533. The van der Waals surface area contributed by atoms with Crippen molar-refractivity contribution < 1.29 is 21.6 Å². The largest absolute Gasteiger partial charge is 0.339 e. The van der Waals surface area contributed by atoms with Crippen molar-refractivity contribution in [2.45, 2.75) is 30.7 Å². The summed E-state index contributed by atoms with van der Waals surface area (Å²) in [5.74, 6) is -0.690. The maximum absolute atomic E-state index is 12.4. The van der Waals surface area contributed by atoms with Crippen LogP contribution < -0.4 is 0 Å². The Morgan fingerprint density at radius 1 is 1.33 bits per heavy atom. The number of carbonyl (C=O) groups excluding carboxylic acids is 1. The fourth-order valence-corrected chi connectivity index (χ4v) is 6.36. The van der Waals surface area contributed by atoms with Gasteiger partial charge >= 0.3 is 0 Å². The minimum absolute atomic E-state index is 0.00552. The molecule has 0 radical (unpaired) electrons. The summed E-state index contributed by atoms with van der Waals surface area (Å²) in [4.78, 5) is 13.8. The lowest BCUT2D eigenvalue weighted by molar-refractivity contribution is -0.132. The van der Waals surface area contributed by atoms with Gasteiger partial charge in [-0.3, -0.25) is 4.79 Å². The number of rotatable bonds is 6. The SMILES string of the molecule is CCN(C(=O)CCS(=O)(=O)c1ccccc1Cl)C1CCS(=O)(=O)C1. The molecule has 1 atom stereocenters. The van der Waals surface area contributed by atoms with Crippen molar-refractivity contribution in [3.8, 4) is 0 Å². The predicted molar refractivity (Wildman–Crippen MR) is 92.6 cm³/mol. The highest BCUT2D eigenvalue weighted by Gasteiger charge is 2.34. The van der Waals surface area contributed by atoms with Crippen LogP contribution in [0.2, 0.25) is 5.02 Å². The van der Waals surface area contributed by atoms with Crippen LogP contribution in [0.3, 0.4) is 0 Å². The minimum Gasteiger partial charge on any atom is -0.339 e. The van der Waals surface area contributed by atoms with E-state index in [2.05, 4.69) is 0 Å². The summed E-state index contributed by atoms with van der Waals surface area (Å²) in [6.45, 7) is 2.11. The Bertz CT molecular complexity index is 820. The van der Waals surface area contributed by atoms with Gasteiger partial charge in [-0.25, -0.2) is 16.8 Å². The van der Waals surface area contributed by atoms with Crippen molar-refractivity contribution in [3.05, 3.63) is 29.3 Å². The highest BCUT2D eigenvalue weighted by Crippen LogP contribution is 2.23. The molecule has 6 nitrogen and oxygen atoms in total. The zero-order valence-corrected chi connectivity index (χ0v) is 15.7. The van der Waals surface area contributed by atoms with E-state index in [1.165, 1.54) is 17.0 Å². The number of carbonyl (C=O) groups is 1. The molecule has 1 aliphatic rings. The van der Waals surface area contributed by atoms with E-state index >= 15 is 0 Å². The molecule has 0 N–H and O–H groups in total. The summed E-state index contributed by atoms with van der Waals surface area (Å²) in [7, 11) is -6.78. The van der Waals surface area contributed by atoms with E-state index in [0.717, 1.165) is 0 Å². The first kappa shape index (κ1) is 19.2. The third-order valence-electron chi connectivity index (χ3n) is 4.07. The maximum atomic E-state index is 12.4. The Hall–Kier alpha value is -1.12. The number of hydrogen-bond acceptors (Lipinski definition) is 5. The lowest BCUT2D eigenvalue weighted by atomic mass is 10.2. The predicted octanol–water partition coefficient (Wildman–Crippen LogP) is 1.54. The normalized spacial score (nSPS) is 20.0. The second-order valence-corrected chi connectivity index (χ2v) is 10.4. The molecule has 1 amide bonds. The average Bonchev–Trinajstić information content (AvgIpc) is 2.86. The van der Waals surface area contributed by atoms with E-state index in [1.807, 2.05) is 0 Å². The molecule has 0 bridgehead atoms. The van der Waals surface area contributed by atoms with Crippen LogP contribution in [-0.2, 0) is 24.5 Å². The number of benzene rings is 1. The number of nitrogens with zero attached hydrogens (tertiary/aromatic N) is 1. The van der Waals surface area contributed by atoms with Gasteiger partial charge in [-0.15, -0.1) is 0 Å². The van der Waals surface area contributed by atoms with Gasteiger partial charge < -0.3 is 4.90 Å². The van der Waals surface area contributed by atoms with Gasteiger partial charge in [0.2, 0.25) is 5.91 Å². The summed E-state index contributed by atoms with van der Waals surface area (Å²) < 4.78 is 47.8. The summed E-state index contributed by atoms with van der Waals surface area (Å²) in [6, 6.07) is 5.73. The van der Waals surface area contributed by atoms with Crippen LogP contribution in [0.25, 0.3) is 0 Å². The number of halogens is 1. The van der Waals surface area contributed by atoms with Crippen LogP contribution in [0.5, 0.6) is 0 Å². The van der Waals surface area contributed by atoms with Gasteiger partial charge in [-0.05, 0) is 25.5 Å². The van der Waals surface area contributed by atoms with Crippen molar-refractivity contribution in [1.29, 1.82) is 0 Å². The highest BCUT2D eigenvalue weighted by molar-refractivity contribution is 7.91. The van der Waals surface area contributed by atoms with Crippen molar-refractivity contribution in [1.82, 2.24) is 4.90 Å². The Morgan fingerprint density at radius 3 is 2.54 bits per heavy atom. The molecule has 134 valence electrons. The van der Waals surface area contributed by atoms with Crippen LogP contribution in [0, 0.1) is 0 Å². The van der Waals surface area contributed by atoms with Crippen LogP contribution in [0.1, 0.15) is 19.8 Å². The number of sulfone groups is 2. The van der Waals surface area contributed by atoms with Crippen molar-refractivity contribution in [3.63, 3.8) is 0 Å². The van der Waals surface area contributed by atoms with E-state index in [1.54, 1.807) is 19.1 Å². The molecule has 0 aliphatic carbocycles. The Balaban J connectivity index is 2.05. The van der Waals surface area contributed by atoms with Gasteiger partial charge in [0, 0.05) is 19.0 Å². The molecule has 0 saturated carbocycles. The molecule has 1 heterocycles. The summed E-state index contributed by atoms with van der Waals surface area (Å²) in [6.07, 6.45) is 0.205. The van der Waals surface area contributed by atoms with Crippen LogP contribution >= 0.6 is 11.6 Å². The Kier molecular flexibility index (Phi) is 5.93. The van der Waals surface area contributed by atoms with E-state index in [9.17, 15) is 21.6 Å². The molecule has 24 heavy (non-hydrogen) atoms. The summed E-state index contributed by atoms with van der Waals surface area (Å²) in [5, 5.41) is 0.124. The molecule has 1 aliphatic heterocycles. The van der Waals surface area contributed by atoms with Crippen molar-refractivity contribution in [2.24, 2.45) is 0 Å². The average molecular weight is 394 g/mol. The Labute approximate surface area is 147 Å². The topological polar surface area (TPSA) is 88.6 Å². The smallest absolute Gasteiger partial charge is 0.223 e. The Morgan fingerprint density at radius 2 is 2.00 bits per heavy atom. The summed E-state index contributed by atoms with van der Waals surface area (Å²) >= 11 is 5.91. The van der Waals surface area contributed by atoms with E-state index in [0.29, 0.717) is 13.0 Å². The van der Waals surface area contributed by atoms with Gasteiger partial charge in [-0.2, -0.15) is 0 Å². The lowest BCUT2D eigenvalue weighted by Gasteiger charge is -2.26. The first-order chi connectivity index (χ1) is 11.2. The molecule has 9 heteroatoms. The van der Waals surface area contributed by atoms with E-state index in [4.69, 9.17) is 11.6 Å². The fourth-order valence-electron chi connectivity index (χ4n) is 2.83. The highest BCUT2D eigenvalue weighted by atomic mass is 35.5. The first-order valence-electron chi connectivity index (χ1n) is 7.63. The monoisotopic (exact) mass is 393 g/mol. The van der Waals surface area contributed by atoms with E-state index in [-0.39, 0.29) is 45.5 Å². The lowest BCUT2D eigenvalue weighted by Crippen LogP contribution is -2.41. The van der Waals surface area contributed by atoms with Gasteiger partial charge in [0.05, 0.1) is 27.2 Å². The maximum Gasteiger partial charge on any atom is 0.223 e. The summed E-state index contributed by atoms with van der Waals surface area (Å²) in [5.41, 5.74) is 0. The van der Waals surface area contributed by atoms with Crippen molar-refractivity contribution >= 4 is 37.2 Å². The van der Waals surface area contributed by atoms with Gasteiger partial charge in [0.15, 0.2) is 19.7 Å². The zero-order chi connectivity index (χ0) is 18.0. The molecule has 1 aromatic carbocycles. The van der Waals surface area contributed by atoms with E-state index < -0.39 is 19.7 Å². The van der Waals surface area contributed by atoms with Gasteiger partial charge in [-0.1, -0.05) is 23.7 Å². The molecular formula is C15H20ClNO5S2. The van der Waals surface area contributed by atoms with Crippen LogP contribution in [-0.4, -0.2) is 57.5 Å². The molecule has 1 aromatic rings. The second kappa shape index (κ2) is 7.41. The third-order valence-corrected chi connectivity index (χ3v) is 8.03. The second-order valence-electron chi connectivity index (χ2n) is 5.74. The standard InChI is InChI=1S/C15H20ClNO5S2/c1-2-17(12-7-9-23(19,20)11-12)15(18)8-10-24(21,22)14-6-4-3-5-13(14)16/h3-6,12H,2,7-11H2,1H3. The molecule has 0 aromatic heterocycles. The quantitative estimate of drug-likeness (QED) is 0.731. The number of amides is 1. The molecular weight excluding hydrogens is 374 g/mol. The van der Waals surface area contributed by atoms with Gasteiger partial charge in [0.25, 0.3) is 0 Å². The zero-order valence-electron chi connectivity index (χ0n) is 13.3. The number of hydrogen-bond donors (Lipinski definition) is 0. The van der Waals surface area contributed by atoms with Crippen LogP contribution in [0.4, 0.5) is 0 Å². The minimum atomic E-state index is -3.67. The molecule has 1 unspecified atom stereocenters. The molecule has 1 fully saturated rings. The van der Waals surface area contributed by atoms with Crippen molar-refractivity contribution in [2.75, 3.05) is 23.8 Å². The molecule has 1 saturated heterocycles. The third kappa shape index (κ3) is 4.49. The van der Waals surface area contributed by atoms with Gasteiger partial charge in [0.1, 0.15) is 0 Å². The molecule has 0 spiro atoms. The molecule has 2 rings (SSSR count).